The molecule has 0 saturated heterocycles. The number of phenols is 2. The molecule has 0 saturated carbocycles. The first-order valence-corrected chi connectivity index (χ1v) is 27.0. The van der Waals surface area contributed by atoms with Gasteiger partial charge in [-0.15, -0.1) is 11.6 Å². The molecule has 0 bridgehead atoms. The summed E-state index contributed by atoms with van der Waals surface area (Å²) in [6.45, 7) is 17.0. The molecule has 0 radical (unpaired) electrons. The van der Waals surface area contributed by atoms with E-state index in [1.807, 2.05) is 48.5 Å². The Labute approximate surface area is 496 Å². The number of esters is 2. The largest absolute Gasteiger partial charge is 1.00 e. The second-order valence-electron chi connectivity index (χ2n) is 14.1. The zero-order valence-corrected chi connectivity index (χ0v) is 49.7. The van der Waals surface area contributed by atoms with Crippen LogP contribution in [0, 0.1) is 23.2 Å². The fraction of sp³-hybridized carbons (Fsp3) is 0.294. The van der Waals surface area contributed by atoms with E-state index in [-0.39, 0.29) is 65.8 Å². The molecule has 5 aromatic rings. The molecular weight excluding hydrogens is 1220 g/mol. The number of rotatable bonds is 7. The molecule has 0 amide bonds. The number of nitriles is 1. The predicted octanol–water partition coefficient (Wildman–Crippen LogP) is 7.97. The number of phenolic OH excluding ortho intramolecular Hbond substituents is 2. The van der Waals surface area contributed by atoms with Crippen LogP contribution in [-0.2, 0) is 37.6 Å². The SMILES string of the molecule is C=C(Br)Br.CCOC(=O)c1ccc(O)c(O)c1.CCOC(=O)c1ccc2c(c1)OCCO2.ClCc1ccc2c(c1)OCCO2.N#CCc1ccc2c(c1)OCCO2.O=S(Cl)Cl.OCc1ccc2c(c1)OCCO2.[C-]#N.[Na+]. The Kier molecular flexibility index (Phi) is 36.2. The molecule has 4 aliphatic heterocycles. The minimum atomic E-state index is -1.67. The minimum absolute atomic E-state index is 0. The molecule has 4 aliphatic rings. The van der Waals surface area contributed by atoms with Crippen LogP contribution in [0.15, 0.2) is 101 Å². The summed E-state index contributed by atoms with van der Waals surface area (Å²) < 4.78 is 62.3. The normalized spacial score (nSPS) is 12.0. The first-order valence-electron chi connectivity index (χ1n) is 22.0. The number of aromatic hydroxyl groups is 2. The number of benzene rings is 5. The van der Waals surface area contributed by atoms with E-state index in [0.29, 0.717) is 88.8 Å². The van der Waals surface area contributed by atoms with Crippen LogP contribution in [-0.4, -0.2) is 97.5 Å². The number of hydrogen-bond acceptors (Lipinski definition) is 18. The zero-order valence-electron chi connectivity index (χ0n) is 41.4. The quantitative estimate of drug-likeness (QED) is 0.0349. The van der Waals surface area contributed by atoms with Crippen molar-refractivity contribution in [3.05, 3.63) is 135 Å². The number of fused-ring (bicyclic) bond motifs is 4. The van der Waals surface area contributed by atoms with E-state index in [0.717, 1.165) is 60.6 Å². The standard InChI is InChI=1S/C11H12O4.C10H9NO2.C9H9ClO2.C9H10O4.C9H10O3.C2H2Br2.CN.Cl2OS.Na/c1-2-13-11(12)8-3-4-9-10(7-8)15-6-5-14-9;11-4-3-8-1-2-9-10(7-8)13-6-5-12-9;10-6-7-1-2-8-9(5-7)12-4-3-11-8;1-2-13-9(12)6-3-4-7(10)8(11)5-6;10-6-7-1-2-8-9(5-7)12-4-3-11-8;1-2(3)4;1-2;1-4(2)3;/h3-4,7H,2,5-6H2,1H3;1-2,7H,3,5-6H2;1-2,5H,3-4,6H2;3-5,10-11H,2H2,1H3;1-2,5,10H,3-4,6H2;1H2;;;/q;;;;;;-1;;+1. The van der Waals surface area contributed by atoms with E-state index in [1.165, 1.54) is 12.1 Å². The molecule has 0 atom stereocenters. The average Bonchev–Trinajstić information content (AvgIpc) is 3.42. The van der Waals surface area contributed by atoms with Crippen molar-refractivity contribution in [1.29, 1.82) is 10.5 Å². The Morgan fingerprint density at radius 2 is 0.921 bits per heavy atom. The van der Waals surface area contributed by atoms with Crippen LogP contribution in [0.4, 0.5) is 0 Å². The molecule has 5 aromatic carbocycles. The van der Waals surface area contributed by atoms with E-state index in [9.17, 15) is 9.59 Å². The Balaban J connectivity index is 0.000000454. The van der Waals surface area contributed by atoms with Crippen LogP contribution >= 0.6 is 64.8 Å². The summed E-state index contributed by atoms with van der Waals surface area (Å²) in [5.41, 5.74) is 3.57. The van der Waals surface area contributed by atoms with Gasteiger partial charge < -0.3 is 74.5 Å². The number of aliphatic hydroxyl groups is 1. The van der Waals surface area contributed by atoms with Crippen molar-refractivity contribution < 1.29 is 106 Å². The van der Waals surface area contributed by atoms with Gasteiger partial charge in [-0.2, -0.15) is 5.26 Å². The molecule has 76 heavy (non-hydrogen) atoms. The summed E-state index contributed by atoms with van der Waals surface area (Å²) in [7, 11) is 7.36. The van der Waals surface area contributed by atoms with Gasteiger partial charge in [-0.25, -0.2) is 13.8 Å². The van der Waals surface area contributed by atoms with Crippen LogP contribution in [0.5, 0.6) is 57.5 Å². The first-order chi connectivity index (χ1) is 36.1. The first kappa shape index (κ1) is 68.7. The van der Waals surface area contributed by atoms with E-state index < -0.39 is 15.2 Å². The monoisotopic (exact) mass is 1270 g/mol. The minimum Gasteiger partial charge on any atom is -0.512 e. The average molecular weight is 1270 g/mol. The third-order valence-corrected chi connectivity index (χ3v) is 9.29. The molecule has 25 heteroatoms. The second-order valence-corrected chi connectivity index (χ2v) is 19.9. The van der Waals surface area contributed by atoms with Crippen LogP contribution < -0.4 is 67.5 Å². The zero-order chi connectivity index (χ0) is 55.5. The smallest absolute Gasteiger partial charge is 0.512 e. The van der Waals surface area contributed by atoms with E-state index in [1.54, 1.807) is 38.1 Å². The molecule has 0 unspecified atom stereocenters. The van der Waals surface area contributed by atoms with E-state index in [4.69, 9.17) is 95.6 Å². The maximum atomic E-state index is 11.4. The molecule has 0 aromatic heterocycles. The topological polar surface area (TPSA) is 252 Å². The Morgan fingerprint density at radius 1 is 0.605 bits per heavy atom. The number of carbonyl (C=O) groups is 2. The van der Waals surface area contributed by atoms with Gasteiger partial charge in [0.25, 0.3) is 0 Å². The fourth-order valence-electron chi connectivity index (χ4n) is 5.90. The van der Waals surface area contributed by atoms with Gasteiger partial charge in [-0.3, -0.25) is 0 Å². The number of hydrogen-bond donors (Lipinski definition) is 3. The third-order valence-electron chi connectivity index (χ3n) is 8.98. The summed E-state index contributed by atoms with van der Waals surface area (Å²) in [5.74, 6) is 4.98. The molecule has 3 N–H and O–H groups in total. The Morgan fingerprint density at radius 3 is 1.29 bits per heavy atom. The number of halogens is 5. The van der Waals surface area contributed by atoms with Gasteiger partial charge in [0.2, 0.25) is 9.23 Å². The Bertz CT molecular complexity index is 2610. The summed E-state index contributed by atoms with van der Waals surface area (Å²) in [6.07, 6.45) is 0.413. The van der Waals surface area contributed by atoms with Gasteiger partial charge in [0.05, 0.1) is 46.8 Å². The molecule has 9 rings (SSSR count). The molecule has 0 fully saturated rings. The number of aliphatic hydroxyl groups excluding tert-OH is 1. The maximum absolute atomic E-state index is 11.4. The second kappa shape index (κ2) is 40.0. The van der Waals surface area contributed by atoms with Crippen LogP contribution in [0.2, 0.25) is 0 Å². The van der Waals surface area contributed by atoms with Crippen LogP contribution in [0.3, 0.4) is 0 Å². The van der Waals surface area contributed by atoms with Crippen molar-refractivity contribution in [2.45, 2.75) is 32.8 Å². The number of ether oxygens (including phenoxy) is 10. The van der Waals surface area contributed by atoms with Crippen molar-refractivity contribution >= 4 is 86.0 Å². The van der Waals surface area contributed by atoms with Gasteiger partial charge in [-0.05, 0) is 135 Å². The molecule has 0 spiro atoms. The Hall–Kier alpha value is -5.30. The van der Waals surface area contributed by atoms with Crippen molar-refractivity contribution in [1.82, 2.24) is 0 Å². The molecule has 18 nitrogen and oxygen atoms in total. The molecular formula is C51H52Br2Cl3N2NaO16S. The van der Waals surface area contributed by atoms with Crippen molar-refractivity contribution in [2.75, 3.05) is 66.1 Å². The van der Waals surface area contributed by atoms with Crippen LogP contribution in [0.1, 0.15) is 51.3 Å². The van der Waals surface area contributed by atoms with Gasteiger partial charge >= 0.3 is 41.5 Å². The molecule has 404 valence electrons. The van der Waals surface area contributed by atoms with Gasteiger partial charge in [0, 0.05) is 27.2 Å². The summed E-state index contributed by atoms with van der Waals surface area (Å²) in [5, 5.41) is 41.6. The fourth-order valence-corrected chi connectivity index (χ4v) is 6.06. The summed E-state index contributed by atoms with van der Waals surface area (Å²) in [6, 6.07) is 27.7. The molecule has 4 heterocycles. The van der Waals surface area contributed by atoms with Gasteiger partial charge in [0.1, 0.15) is 52.9 Å². The number of alkyl halides is 1. The third kappa shape index (κ3) is 26.6. The van der Waals surface area contributed by atoms with Crippen LogP contribution in [0.25, 0.3) is 0 Å². The van der Waals surface area contributed by atoms with Crippen molar-refractivity contribution in [3.63, 3.8) is 0 Å². The van der Waals surface area contributed by atoms with Gasteiger partial charge in [-0.1, -0.05) is 24.8 Å². The number of carbonyl (C=O) groups excluding carboxylic acids is 2. The van der Waals surface area contributed by atoms with E-state index in [2.05, 4.69) is 65.9 Å². The van der Waals surface area contributed by atoms with Crippen molar-refractivity contribution in [2.24, 2.45) is 0 Å². The van der Waals surface area contributed by atoms with Crippen molar-refractivity contribution in [3.8, 4) is 63.6 Å². The number of nitrogens with zero attached hydrogens (tertiary/aromatic N) is 2. The molecule has 0 aliphatic carbocycles. The van der Waals surface area contributed by atoms with Gasteiger partial charge in [0.15, 0.2) is 57.5 Å². The summed E-state index contributed by atoms with van der Waals surface area (Å²) >= 11 is 11.7. The maximum Gasteiger partial charge on any atom is 1.00 e. The predicted molar refractivity (Wildman–Crippen MR) is 288 cm³/mol. The summed E-state index contributed by atoms with van der Waals surface area (Å²) in [4.78, 5) is 22.5. The van der Waals surface area contributed by atoms with E-state index >= 15 is 0 Å².